The molecule has 0 spiro atoms. The van der Waals surface area contributed by atoms with Gasteiger partial charge in [-0.2, -0.15) is 4.98 Å². The van der Waals surface area contributed by atoms with Crippen LogP contribution in [0, 0.1) is 5.82 Å². The molecule has 0 saturated heterocycles. The number of rotatable bonds is 6. The van der Waals surface area contributed by atoms with Crippen LogP contribution < -0.4 is 16.0 Å². The van der Waals surface area contributed by atoms with E-state index in [1.54, 1.807) is 6.92 Å². The van der Waals surface area contributed by atoms with Crippen LogP contribution in [0.4, 0.5) is 16.2 Å². The number of hydrogen-bond acceptors (Lipinski definition) is 9. The number of carboxylic acids is 1. The monoisotopic (exact) mass is 562 g/mol. The molecule has 0 saturated carbocycles. The van der Waals surface area contributed by atoms with Crippen LogP contribution in [0.1, 0.15) is 46.2 Å². The van der Waals surface area contributed by atoms with Gasteiger partial charge in [0.15, 0.2) is 11.4 Å². The molecule has 40 heavy (non-hydrogen) atoms. The van der Waals surface area contributed by atoms with Gasteiger partial charge in [-0.25, -0.2) is 19.2 Å². The average Bonchev–Trinajstić information content (AvgIpc) is 3.29. The second-order valence-corrected chi connectivity index (χ2v) is 9.19. The number of aromatic carboxylic acids is 1. The van der Waals surface area contributed by atoms with Crippen molar-refractivity contribution in [3.05, 3.63) is 93.5 Å². The molecule has 1 amide bonds. The van der Waals surface area contributed by atoms with Crippen molar-refractivity contribution in [1.82, 2.24) is 15.3 Å². The number of Topliss-reactive ketones (excluding diaryl/α,β-unsaturated/α-hetero) is 1. The average molecular weight is 563 g/mol. The number of aromatic nitrogens is 2. The fourth-order valence-electron chi connectivity index (χ4n) is 4.10. The Hall–Kier alpha value is -5.10. The van der Waals surface area contributed by atoms with Gasteiger partial charge in [-0.15, -0.1) is 0 Å². The number of benzene rings is 2. The third-order valence-corrected chi connectivity index (χ3v) is 6.35. The lowest BCUT2D eigenvalue weighted by Gasteiger charge is -2.27. The Morgan fingerprint density at radius 2 is 1.90 bits per heavy atom. The maximum atomic E-state index is 13.6. The van der Waals surface area contributed by atoms with E-state index in [-0.39, 0.29) is 50.9 Å². The molecule has 1 unspecified atom stereocenters. The number of pyridine rings is 1. The highest BCUT2D eigenvalue weighted by atomic mass is 35.5. The molecule has 202 valence electrons. The number of amides is 1. The standard InChI is InChI=1S/C27H20ClFN6O5/c1-12-22(24(37)33-21-10-14(13(2)36)7-8-30-21)23(17-9-15(25(38)39)3-5-18(17)28)34-26(31-12)35-27-32-19-6-4-16(29)11-20(19)40-27/h3-11,23H,1-2H3,(H,38,39)(H,30,33,37)(H2,31,32,34,35). The molecule has 1 aliphatic heterocycles. The summed E-state index contributed by atoms with van der Waals surface area (Å²) >= 11 is 6.47. The van der Waals surface area contributed by atoms with Gasteiger partial charge in [0.25, 0.3) is 5.91 Å². The molecule has 2 aromatic carbocycles. The summed E-state index contributed by atoms with van der Waals surface area (Å²) in [5.41, 5.74) is 1.62. The highest BCUT2D eigenvalue weighted by Crippen LogP contribution is 2.36. The van der Waals surface area contributed by atoms with E-state index >= 15 is 0 Å². The van der Waals surface area contributed by atoms with Gasteiger partial charge in [-0.1, -0.05) is 11.6 Å². The minimum atomic E-state index is -1.19. The van der Waals surface area contributed by atoms with Gasteiger partial charge in [-0.05, 0) is 56.3 Å². The smallest absolute Gasteiger partial charge is 0.335 e. The van der Waals surface area contributed by atoms with Crippen LogP contribution in [0.15, 0.2) is 75.4 Å². The predicted molar refractivity (Wildman–Crippen MR) is 145 cm³/mol. The second-order valence-electron chi connectivity index (χ2n) is 8.78. The maximum absolute atomic E-state index is 13.6. The first kappa shape index (κ1) is 26.5. The SMILES string of the molecule is CC(=O)c1ccnc(NC(=O)C2=C(C)NC(Nc3nc4ccc(F)cc4o3)=NC2c2cc(C(=O)O)ccc2Cl)c1. The lowest BCUT2D eigenvalue weighted by molar-refractivity contribution is -0.113. The van der Waals surface area contributed by atoms with Gasteiger partial charge >= 0.3 is 12.0 Å². The summed E-state index contributed by atoms with van der Waals surface area (Å²) in [7, 11) is 0. The first-order chi connectivity index (χ1) is 19.1. The van der Waals surface area contributed by atoms with Crippen LogP contribution in [0.5, 0.6) is 0 Å². The van der Waals surface area contributed by atoms with Crippen LogP contribution in [0.25, 0.3) is 11.1 Å². The summed E-state index contributed by atoms with van der Waals surface area (Å²) in [5, 5.41) is 18.2. The second kappa shape index (κ2) is 10.6. The molecule has 4 N–H and O–H groups in total. The number of carboxylic acid groups (broad SMARTS) is 1. The highest BCUT2D eigenvalue weighted by molar-refractivity contribution is 6.31. The Balaban J connectivity index is 1.54. The van der Waals surface area contributed by atoms with Crippen molar-refractivity contribution in [2.75, 3.05) is 10.6 Å². The number of ketones is 1. The van der Waals surface area contributed by atoms with Crippen molar-refractivity contribution in [3.8, 4) is 0 Å². The van der Waals surface area contributed by atoms with Gasteiger partial charge in [-0.3, -0.25) is 14.9 Å². The molecule has 11 nitrogen and oxygen atoms in total. The number of nitrogens with one attached hydrogen (secondary N) is 3. The van der Waals surface area contributed by atoms with E-state index in [2.05, 4.69) is 30.9 Å². The Morgan fingerprint density at radius 3 is 2.65 bits per heavy atom. The maximum Gasteiger partial charge on any atom is 0.335 e. The minimum Gasteiger partial charge on any atom is -0.478 e. The van der Waals surface area contributed by atoms with E-state index in [1.165, 1.54) is 61.7 Å². The molecule has 13 heteroatoms. The third-order valence-electron chi connectivity index (χ3n) is 6.01. The Labute approximate surface area is 230 Å². The first-order valence-electron chi connectivity index (χ1n) is 11.8. The number of oxazole rings is 1. The van der Waals surface area contributed by atoms with Crippen LogP contribution in [-0.2, 0) is 4.79 Å². The lowest BCUT2D eigenvalue weighted by atomic mass is 9.94. The van der Waals surface area contributed by atoms with E-state index in [9.17, 15) is 23.9 Å². The first-order valence-corrected chi connectivity index (χ1v) is 12.2. The fourth-order valence-corrected chi connectivity index (χ4v) is 4.32. The van der Waals surface area contributed by atoms with Crippen LogP contribution in [-0.4, -0.2) is 38.7 Å². The Bertz CT molecular complexity index is 1770. The zero-order valence-electron chi connectivity index (χ0n) is 21.0. The number of carbonyl (C=O) groups is 3. The lowest BCUT2D eigenvalue weighted by Crippen LogP contribution is -2.37. The van der Waals surface area contributed by atoms with Crippen LogP contribution in [0.2, 0.25) is 5.02 Å². The largest absolute Gasteiger partial charge is 0.478 e. The normalized spacial score (nSPS) is 14.9. The minimum absolute atomic E-state index is 0.00179. The number of allylic oxidation sites excluding steroid dienone is 1. The Morgan fingerprint density at radius 1 is 1.10 bits per heavy atom. The molecule has 1 atom stereocenters. The number of aliphatic imine (C=N–C) groups is 1. The summed E-state index contributed by atoms with van der Waals surface area (Å²) in [5.74, 6) is -2.25. The van der Waals surface area contributed by atoms with Gasteiger partial charge < -0.3 is 20.2 Å². The van der Waals surface area contributed by atoms with Crippen molar-refractivity contribution in [2.45, 2.75) is 19.9 Å². The van der Waals surface area contributed by atoms with E-state index in [0.717, 1.165) is 0 Å². The van der Waals surface area contributed by atoms with Crippen molar-refractivity contribution in [3.63, 3.8) is 0 Å². The number of fused-ring (bicyclic) bond motifs is 1. The molecule has 2 aromatic heterocycles. The van der Waals surface area contributed by atoms with Crippen molar-refractivity contribution >= 4 is 58.2 Å². The Kier molecular flexibility index (Phi) is 7.01. The number of hydrogen-bond donors (Lipinski definition) is 4. The highest BCUT2D eigenvalue weighted by Gasteiger charge is 2.32. The number of anilines is 2. The molecule has 0 radical (unpaired) electrons. The summed E-state index contributed by atoms with van der Waals surface area (Å²) in [6, 6.07) is 9.85. The molecular formula is C27H20ClFN6O5. The fraction of sp³-hybridized carbons (Fsp3) is 0.111. The topological polar surface area (TPSA) is 159 Å². The third kappa shape index (κ3) is 5.38. The quantitative estimate of drug-likeness (QED) is 0.239. The zero-order valence-corrected chi connectivity index (χ0v) is 21.7. The summed E-state index contributed by atoms with van der Waals surface area (Å²) < 4.78 is 19.2. The number of guanidine groups is 1. The van der Waals surface area contributed by atoms with E-state index < -0.39 is 23.7 Å². The summed E-state index contributed by atoms with van der Waals surface area (Å²) in [6.07, 6.45) is 1.39. The van der Waals surface area contributed by atoms with Gasteiger partial charge in [0.05, 0.1) is 11.1 Å². The molecule has 4 aromatic rings. The number of nitrogens with zero attached hydrogens (tertiary/aromatic N) is 3. The zero-order chi connectivity index (χ0) is 28.6. The van der Waals surface area contributed by atoms with Crippen LogP contribution in [0.3, 0.4) is 0 Å². The van der Waals surface area contributed by atoms with Crippen LogP contribution >= 0.6 is 11.6 Å². The number of halogens is 2. The van der Waals surface area contributed by atoms with Crippen molar-refractivity contribution in [2.24, 2.45) is 4.99 Å². The molecular weight excluding hydrogens is 543 g/mol. The molecule has 1 aliphatic rings. The molecule has 5 rings (SSSR count). The summed E-state index contributed by atoms with van der Waals surface area (Å²) in [6.45, 7) is 3.01. The number of carbonyl (C=O) groups excluding carboxylic acids is 2. The molecule has 0 aliphatic carbocycles. The van der Waals surface area contributed by atoms with E-state index in [1.807, 2.05) is 0 Å². The molecule has 3 heterocycles. The summed E-state index contributed by atoms with van der Waals surface area (Å²) in [4.78, 5) is 50.0. The van der Waals surface area contributed by atoms with Gasteiger partial charge in [0.2, 0.25) is 5.96 Å². The van der Waals surface area contributed by atoms with Crippen molar-refractivity contribution in [1.29, 1.82) is 0 Å². The van der Waals surface area contributed by atoms with Crippen molar-refractivity contribution < 1.29 is 28.3 Å². The van der Waals surface area contributed by atoms with Gasteiger partial charge in [0.1, 0.15) is 23.2 Å². The predicted octanol–water partition coefficient (Wildman–Crippen LogP) is 4.94. The molecule has 0 bridgehead atoms. The van der Waals surface area contributed by atoms with Gasteiger partial charge in [0, 0.05) is 34.1 Å². The van der Waals surface area contributed by atoms with E-state index in [4.69, 9.17) is 16.0 Å². The molecule has 0 fully saturated rings. The van der Waals surface area contributed by atoms with E-state index in [0.29, 0.717) is 16.8 Å².